The van der Waals surface area contributed by atoms with Crippen molar-refractivity contribution in [2.75, 3.05) is 26.2 Å². The van der Waals surface area contributed by atoms with Gasteiger partial charge in [0.1, 0.15) is 0 Å². The zero-order chi connectivity index (χ0) is 11.5. The molecule has 0 unspecified atom stereocenters. The molecular formula is C12H22N2O. The van der Waals surface area contributed by atoms with Crippen molar-refractivity contribution in [1.82, 2.24) is 10.2 Å². The second kappa shape index (κ2) is 4.79. The van der Waals surface area contributed by atoms with Crippen LogP contribution in [-0.2, 0) is 4.79 Å². The fourth-order valence-electron chi connectivity index (χ4n) is 1.35. The Morgan fingerprint density at radius 2 is 2.00 bits per heavy atom. The van der Waals surface area contributed by atoms with Crippen LogP contribution in [0.25, 0.3) is 0 Å². The molecule has 0 saturated carbocycles. The summed E-state index contributed by atoms with van der Waals surface area (Å²) in [5, 5.41) is 2.91. The molecule has 86 valence electrons. The van der Waals surface area contributed by atoms with Crippen molar-refractivity contribution in [2.45, 2.75) is 27.2 Å². The van der Waals surface area contributed by atoms with E-state index in [2.05, 4.69) is 37.6 Å². The molecule has 1 fully saturated rings. The van der Waals surface area contributed by atoms with Crippen LogP contribution in [0.2, 0.25) is 0 Å². The first-order valence-electron chi connectivity index (χ1n) is 5.57. The van der Waals surface area contributed by atoms with E-state index in [0.717, 1.165) is 19.6 Å². The fraction of sp³-hybridized carbons (Fsp3) is 0.750. The van der Waals surface area contributed by atoms with Crippen molar-refractivity contribution in [3.63, 3.8) is 0 Å². The monoisotopic (exact) mass is 210 g/mol. The second-order valence-corrected chi connectivity index (χ2v) is 5.48. The van der Waals surface area contributed by atoms with Gasteiger partial charge in [-0.3, -0.25) is 9.69 Å². The molecular weight excluding hydrogens is 188 g/mol. The van der Waals surface area contributed by atoms with Gasteiger partial charge < -0.3 is 5.32 Å². The Labute approximate surface area is 92.5 Å². The minimum Gasteiger partial charge on any atom is -0.352 e. The number of hydrogen-bond donors (Lipinski definition) is 1. The van der Waals surface area contributed by atoms with Crippen molar-refractivity contribution in [2.24, 2.45) is 5.41 Å². The van der Waals surface area contributed by atoms with Crippen molar-refractivity contribution in [1.29, 1.82) is 0 Å². The van der Waals surface area contributed by atoms with E-state index in [-0.39, 0.29) is 11.3 Å². The van der Waals surface area contributed by atoms with Crippen LogP contribution < -0.4 is 5.32 Å². The topological polar surface area (TPSA) is 32.3 Å². The van der Waals surface area contributed by atoms with Gasteiger partial charge in [0.2, 0.25) is 5.91 Å². The molecule has 1 rings (SSSR count). The highest BCUT2D eigenvalue weighted by molar-refractivity contribution is 5.93. The highest BCUT2D eigenvalue weighted by Gasteiger charge is 2.18. The van der Waals surface area contributed by atoms with Crippen molar-refractivity contribution in [3.05, 3.63) is 12.2 Å². The molecule has 1 amide bonds. The standard InChI is InChI=1S/C12H22N2O/c1-10(8-14-6-5-7-14)11(15)13-9-12(2,3)4/h1,5-9H2,2-4H3,(H,13,15). The van der Waals surface area contributed by atoms with Gasteiger partial charge >= 0.3 is 0 Å². The summed E-state index contributed by atoms with van der Waals surface area (Å²) in [4.78, 5) is 13.9. The van der Waals surface area contributed by atoms with E-state index in [0.29, 0.717) is 12.1 Å². The van der Waals surface area contributed by atoms with Crippen LogP contribution in [0.3, 0.4) is 0 Å². The first-order valence-corrected chi connectivity index (χ1v) is 5.57. The molecule has 0 aliphatic carbocycles. The summed E-state index contributed by atoms with van der Waals surface area (Å²) in [6.45, 7) is 13.8. The third-order valence-corrected chi connectivity index (χ3v) is 2.46. The van der Waals surface area contributed by atoms with E-state index in [4.69, 9.17) is 0 Å². The Hall–Kier alpha value is -0.830. The zero-order valence-electron chi connectivity index (χ0n) is 10.1. The molecule has 0 bridgehead atoms. The molecule has 3 heteroatoms. The molecule has 15 heavy (non-hydrogen) atoms. The van der Waals surface area contributed by atoms with Gasteiger partial charge in [-0.1, -0.05) is 27.4 Å². The lowest BCUT2D eigenvalue weighted by Gasteiger charge is -2.31. The summed E-state index contributed by atoms with van der Waals surface area (Å²) >= 11 is 0. The maximum absolute atomic E-state index is 11.6. The lowest BCUT2D eigenvalue weighted by atomic mass is 9.97. The maximum Gasteiger partial charge on any atom is 0.247 e. The molecule has 1 saturated heterocycles. The van der Waals surface area contributed by atoms with E-state index < -0.39 is 0 Å². The SMILES string of the molecule is C=C(CN1CCC1)C(=O)NCC(C)(C)C. The molecule has 1 aliphatic heterocycles. The van der Waals surface area contributed by atoms with Crippen LogP contribution in [-0.4, -0.2) is 37.0 Å². The van der Waals surface area contributed by atoms with Crippen LogP contribution in [0.5, 0.6) is 0 Å². The first-order chi connectivity index (χ1) is 6.88. The normalized spacial score (nSPS) is 17.0. The molecule has 1 aliphatic rings. The van der Waals surface area contributed by atoms with Gasteiger partial charge in [0.05, 0.1) is 0 Å². The van der Waals surface area contributed by atoms with Crippen molar-refractivity contribution >= 4 is 5.91 Å². The Morgan fingerprint density at radius 1 is 1.40 bits per heavy atom. The van der Waals surface area contributed by atoms with Crippen LogP contribution in [0.15, 0.2) is 12.2 Å². The van der Waals surface area contributed by atoms with E-state index in [1.54, 1.807) is 0 Å². The molecule has 0 aromatic rings. The number of amides is 1. The summed E-state index contributed by atoms with van der Waals surface area (Å²) in [5.41, 5.74) is 0.811. The number of hydrogen-bond acceptors (Lipinski definition) is 2. The smallest absolute Gasteiger partial charge is 0.247 e. The lowest BCUT2D eigenvalue weighted by molar-refractivity contribution is -0.118. The number of rotatable bonds is 4. The average molecular weight is 210 g/mol. The van der Waals surface area contributed by atoms with Gasteiger partial charge in [-0.15, -0.1) is 0 Å². The number of carbonyl (C=O) groups is 1. The van der Waals surface area contributed by atoms with Gasteiger partial charge in [-0.2, -0.15) is 0 Å². The van der Waals surface area contributed by atoms with E-state index in [9.17, 15) is 4.79 Å². The molecule has 1 N–H and O–H groups in total. The number of nitrogens with one attached hydrogen (secondary N) is 1. The van der Waals surface area contributed by atoms with Gasteiger partial charge in [0, 0.05) is 18.7 Å². The van der Waals surface area contributed by atoms with E-state index in [1.165, 1.54) is 6.42 Å². The van der Waals surface area contributed by atoms with Crippen molar-refractivity contribution in [3.8, 4) is 0 Å². The van der Waals surface area contributed by atoms with Gasteiger partial charge in [0.25, 0.3) is 0 Å². The minimum atomic E-state index is -0.00294. The number of likely N-dealkylation sites (tertiary alicyclic amines) is 1. The van der Waals surface area contributed by atoms with Crippen LogP contribution in [0, 0.1) is 5.41 Å². The molecule has 0 aromatic heterocycles. The third kappa shape index (κ3) is 4.47. The van der Waals surface area contributed by atoms with E-state index >= 15 is 0 Å². The third-order valence-electron chi connectivity index (χ3n) is 2.46. The molecule has 0 spiro atoms. The molecule has 0 atom stereocenters. The van der Waals surface area contributed by atoms with Crippen LogP contribution >= 0.6 is 0 Å². The predicted molar refractivity (Wildman–Crippen MR) is 62.7 cm³/mol. The Morgan fingerprint density at radius 3 is 2.40 bits per heavy atom. The van der Waals surface area contributed by atoms with Gasteiger partial charge in [-0.25, -0.2) is 0 Å². The van der Waals surface area contributed by atoms with Gasteiger partial charge in [-0.05, 0) is 24.9 Å². The zero-order valence-corrected chi connectivity index (χ0v) is 10.1. The number of nitrogens with zero attached hydrogens (tertiary/aromatic N) is 1. The second-order valence-electron chi connectivity index (χ2n) is 5.48. The summed E-state index contributed by atoms with van der Waals surface area (Å²) in [6.07, 6.45) is 1.25. The lowest BCUT2D eigenvalue weighted by Crippen LogP contribution is -2.41. The maximum atomic E-state index is 11.6. The molecule has 3 nitrogen and oxygen atoms in total. The van der Waals surface area contributed by atoms with Crippen LogP contribution in [0.1, 0.15) is 27.2 Å². The first kappa shape index (κ1) is 12.2. The minimum absolute atomic E-state index is 0.00294. The quantitative estimate of drug-likeness (QED) is 0.712. The average Bonchev–Trinajstić information content (AvgIpc) is 2.05. The molecule has 0 radical (unpaired) electrons. The highest BCUT2D eigenvalue weighted by Crippen LogP contribution is 2.11. The Kier molecular flexibility index (Phi) is 3.91. The van der Waals surface area contributed by atoms with Crippen LogP contribution in [0.4, 0.5) is 0 Å². The Balaban J connectivity index is 2.23. The summed E-state index contributed by atoms with van der Waals surface area (Å²) in [7, 11) is 0. The summed E-state index contributed by atoms with van der Waals surface area (Å²) < 4.78 is 0. The fourth-order valence-corrected chi connectivity index (χ4v) is 1.35. The van der Waals surface area contributed by atoms with Gasteiger partial charge in [0.15, 0.2) is 0 Å². The molecule has 1 heterocycles. The Bertz CT molecular complexity index is 249. The predicted octanol–water partition coefficient (Wildman–Crippen LogP) is 1.41. The largest absolute Gasteiger partial charge is 0.352 e. The summed E-state index contributed by atoms with van der Waals surface area (Å²) in [5.74, 6) is -0.00294. The summed E-state index contributed by atoms with van der Waals surface area (Å²) in [6, 6.07) is 0. The highest BCUT2D eigenvalue weighted by atomic mass is 16.1. The number of carbonyl (C=O) groups excluding carboxylic acids is 1. The molecule has 0 aromatic carbocycles. The van der Waals surface area contributed by atoms with E-state index in [1.807, 2.05) is 0 Å². The van der Waals surface area contributed by atoms with Crippen molar-refractivity contribution < 1.29 is 4.79 Å².